The summed E-state index contributed by atoms with van der Waals surface area (Å²) in [7, 11) is -4.32. The van der Waals surface area contributed by atoms with Gasteiger partial charge in [0.25, 0.3) is 0 Å². The number of benzene rings is 1. The molecule has 0 unspecified atom stereocenters. The molecular weight excluding hydrogens is 344 g/mol. The third-order valence-electron chi connectivity index (χ3n) is 1.97. The Morgan fingerprint density at radius 1 is 1.35 bits per heavy atom. The molecule has 3 N–H and O–H groups in total. The Labute approximate surface area is 121 Å². The molecule has 0 aliphatic heterocycles. The first-order chi connectivity index (χ1) is 9.03. The molecular formula is C9H9ClF4N2O2S2. The topological polar surface area (TPSA) is 72.2 Å². The summed E-state index contributed by atoms with van der Waals surface area (Å²) >= 11 is 5.05. The fourth-order valence-corrected chi connectivity index (χ4v) is 3.21. The molecule has 0 bridgehead atoms. The molecule has 0 spiro atoms. The van der Waals surface area contributed by atoms with E-state index in [2.05, 4.69) is 0 Å². The fraction of sp³-hybridized carbons (Fsp3) is 0.333. The van der Waals surface area contributed by atoms with Gasteiger partial charge in [-0.2, -0.15) is 13.2 Å². The first-order valence-corrected chi connectivity index (χ1v) is 7.82. The predicted molar refractivity (Wildman–Crippen MR) is 69.5 cm³/mol. The van der Waals surface area contributed by atoms with E-state index in [0.29, 0.717) is 0 Å². The number of sulfonamides is 1. The van der Waals surface area contributed by atoms with Gasteiger partial charge in [0, 0.05) is 18.0 Å². The minimum Gasteiger partial charge on any atom is -0.399 e. The lowest BCUT2D eigenvalue weighted by atomic mass is 10.3. The molecule has 0 aromatic heterocycles. The van der Waals surface area contributed by atoms with E-state index in [0.717, 1.165) is 12.1 Å². The highest BCUT2D eigenvalue weighted by molar-refractivity contribution is 8.00. The molecule has 0 radical (unpaired) electrons. The molecule has 0 aliphatic carbocycles. The second kappa shape index (κ2) is 6.37. The third kappa shape index (κ3) is 5.00. The van der Waals surface area contributed by atoms with Gasteiger partial charge in [0.1, 0.15) is 4.90 Å². The van der Waals surface area contributed by atoms with Crippen LogP contribution in [0.15, 0.2) is 17.0 Å². The maximum absolute atomic E-state index is 13.6. The Balaban J connectivity index is 2.80. The molecule has 0 aliphatic rings. The van der Waals surface area contributed by atoms with Crippen molar-refractivity contribution in [3.63, 3.8) is 0 Å². The zero-order chi connectivity index (χ0) is 15.6. The highest BCUT2D eigenvalue weighted by Crippen LogP contribution is 2.30. The standard InChI is InChI=1S/C9H9ClF4N2O2S2/c10-6-3-5(15)4-7(8(6)11)20(17,18)16-1-2-19-9(12,13)14/h3-4,16H,1-2,15H2. The van der Waals surface area contributed by atoms with Crippen LogP contribution in [0.5, 0.6) is 0 Å². The van der Waals surface area contributed by atoms with Crippen LogP contribution in [0, 0.1) is 5.82 Å². The number of thioether (sulfide) groups is 1. The Morgan fingerprint density at radius 2 is 1.95 bits per heavy atom. The smallest absolute Gasteiger partial charge is 0.399 e. The minimum atomic E-state index is -4.46. The van der Waals surface area contributed by atoms with Crippen molar-refractivity contribution < 1.29 is 26.0 Å². The van der Waals surface area contributed by atoms with Crippen molar-refractivity contribution in [2.45, 2.75) is 10.4 Å². The van der Waals surface area contributed by atoms with Crippen molar-refractivity contribution in [3.8, 4) is 0 Å². The second-order valence-corrected chi connectivity index (χ2v) is 6.81. The van der Waals surface area contributed by atoms with Crippen molar-refractivity contribution >= 4 is 39.1 Å². The summed E-state index contributed by atoms with van der Waals surface area (Å²) < 4.78 is 74.5. The summed E-state index contributed by atoms with van der Waals surface area (Å²) in [6.07, 6.45) is 0. The number of nitrogen functional groups attached to an aromatic ring is 1. The first-order valence-electron chi connectivity index (χ1n) is 4.98. The molecule has 1 aromatic carbocycles. The van der Waals surface area contributed by atoms with E-state index >= 15 is 0 Å². The minimum absolute atomic E-state index is 0.0820. The van der Waals surface area contributed by atoms with Crippen molar-refractivity contribution in [2.24, 2.45) is 0 Å². The average molecular weight is 353 g/mol. The van der Waals surface area contributed by atoms with E-state index in [4.69, 9.17) is 17.3 Å². The first kappa shape index (κ1) is 17.3. The summed E-state index contributed by atoms with van der Waals surface area (Å²) in [6.45, 7) is -0.516. The zero-order valence-electron chi connectivity index (χ0n) is 9.67. The van der Waals surface area contributed by atoms with Crippen molar-refractivity contribution in [1.29, 1.82) is 0 Å². The zero-order valence-corrected chi connectivity index (χ0v) is 12.1. The van der Waals surface area contributed by atoms with E-state index in [1.807, 2.05) is 4.72 Å². The maximum atomic E-state index is 13.6. The molecule has 0 fully saturated rings. The SMILES string of the molecule is Nc1cc(Cl)c(F)c(S(=O)(=O)NCCSC(F)(F)F)c1. The van der Waals surface area contributed by atoms with Crippen LogP contribution in [-0.2, 0) is 10.0 Å². The Morgan fingerprint density at radius 3 is 2.50 bits per heavy atom. The van der Waals surface area contributed by atoms with Crippen molar-refractivity contribution in [3.05, 3.63) is 23.0 Å². The van der Waals surface area contributed by atoms with Crippen LogP contribution in [0.4, 0.5) is 23.2 Å². The fourth-order valence-electron chi connectivity index (χ4n) is 1.20. The number of alkyl halides is 3. The molecule has 4 nitrogen and oxygen atoms in total. The highest BCUT2D eigenvalue weighted by atomic mass is 35.5. The summed E-state index contributed by atoms with van der Waals surface area (Å²) in [4.78, 5) is -0.806. The van der Waals surface area contributed by atoms with Crippen LogP contribution in [0.3, 0.4) is 0 Å². The van der Waals surface area contributed by atoms with Gasteiger partial charge in [-0.3, -0.25) is 0 Å². The number of nitrogens with two attached hydrogens (primary N) is 1. The number of nitrogens with one attached hydrogen (secondary N) is 1. The van der Waals surface area contributed by atoms with Crippen LogP contribution in [0.2, 0.25) is 5.02 Å². The number of rotatable bonds is 5. The molecule has 114 valence electrons. The van der Waals surface area contributed by atoms with Crippen LogP contribution in [-0.4, -0.2) is 26.2 Å². The van der Waals surface area contributed by atoms with Gasteiger partial charge in [0.05, 0.1) is 5.02 Å². The van der Waals surface area contributed by atoms with Gasteiger partial charge < -0.3 is 5.73 Å². The van der Waals surface area contributed by atoms with E-state index in [1.165, 1.54) is 0 Å². The van der Waals surface area contributed by atoms with Gasteiger partial charge in [-0.05, 0) is 23.9 Å². The van der Waals surface area contributed by atoms with Crippen LogP contribution >= 0.6 is 23.4 Å². The second-order valence-electron chi connectivity index (χ2n) is 3.51. The Bertz CT molecular complexity index is 592. The van der Waals surface area contributed by atoms with Gasteiger partial charge in [0.2, 0.25) is 10.0 Å². The molecule has 1 rings (SSSR count). The lowest BCUT2D eigenvalue weighted by molar-refractivity contribution is -0.0327. The molecule has 0 saturated carbocycles. The van der Waals surface area contributed by atoms with Crippen LogP contribution < -0.4 is 10.5 Å². The molecule has 0 heterocycles. The molecule has 0 saturated heterocycles. The molecule has 0 amide bonds. The Hall–Kier alpha value is -0.710. The maximum Gasteiger partial charge on any atom is 0.441 e. The van der Waals surface area contributed by atoms with Crippen molar-refractivity contribution in [1.82, 2.24) is 4.72 Å². The quantitative estimate of drug-likeness (QED) is 0.485. The molecule has 1 aromatic rings. The van der Waals surface area contributed by atoms with E-state index in [1.54, 1.807) is 0 Å². The summed E-state index contributed by atoms with van der Waals surface area (Å²) in [6, 6.07) is 1.86. The lowest BCUT2D eigenvalue weighted by Gasteiger charge is -2.10. The Kier molecular flexibility index (Phi) is 5.53. The summed E-state index contributed by atoms with van der Waals surface area (Å²) in [5.41, 5.74) is 0.798. The predicted octanol–water partition coefficient (Wildman–Crippen LogP) is 2.59. The number of halogens is 5. The number of hydrogen-bond donors (Lipinski definition) is 2. The molecule has 11 heteroatoms. The van der Waals surface area contributed by atoms with Gasteiger partial charge >= 0.3 is 5.51 Å². The van der Waals surface area contributed by atoms with Crippen LogP contribution in [0.25, 0.3) is 0 Å². The molecule has 20 heavy (non-hydrogen) atoms. The van der Waals surface area contributed by atoms with Crippen molar-refractivity contribution in [2.75, 3.05) is 18.0 Å². The van der Waals surface area contributed by atoms with E-state index < -0.39 is 55.3 Å². The summed E-state index contributed by atoms with van der Waals surface area (Å²) in [5, 5.41) is -0.491. The van der Waals surface area contributed by atoms with Gasteiger partial charge in [-0.15, -0.1) is 0 Å². The third-order valence-corrected chi connectivity index (χ3v) is 4.44. The highest BCUT2D eigenvalue weighted by Gasteiger charge is 2.28. The normalized spacial score (nSPS) is 12.7. The van der Waals surface area contributed by atoms with Crippen LogP contribution in [0.1, 0.15) is 0 Å². The largest absolute Gasteiger partial charge is 0.441 e. The van der Waals surface area contributed by atoms with Gasteiger partial charge in [-0.1, -0.05) is 11.6 Å². The van der Waals surface area contributed by atoms with E-state index in [-0.39, 0.29) is 5.69 Å². The number of hydrogen-bond acceptors (Lipinski definition) is 4. The summed E-state index contributed by atoms with van der Waals surface area (Å²) in [5.74, 6) is -1.75. The number of anilines is 1. The van der Waals surface area contributed by atoms with Gasteiger partial charge in [-0.25, -0.2) is 17.5 Å². The van der Waals surface area contributed by atoms with Gasteiger partial charge in [0.15, 0.2) is 5.82 Å². The monoisotopic (exact) mass is 352 g/mol. The average Bonchev–Trinajstić information content (AvgIpc) is 2.28. The van der Waals surface area contributed by atoms with E-state index in [9.17, 15) is 26.0 Å². The molecule has 0 atom stereocenters. The lowest BCUT2D eigenvalue weighted by Crippen LogP contribution is -2.27.